The molecule has 0 saturated heterocycles. The molecule has 0 fully saturated rings. The van der Waals surface area contributed by atoms with Crippen molar-refractivity contribution < 1.29 is 4.79 Å². The van der Waals surface area contributed by atoms with Gasteiger partial charge in [0.05, 0.1) is 16.3 Å². The molecule has 0 spiro atoms. The van der Waals surface area contributed by atoms with Gasteiger partial charge in [-0.05, 0) is 56.3 Å². The molecular weight excluding hydrogens is 480 g/mol. The third kappa shape index (κ3) is 3.50. The Morgan fingerprint density at radius 3 is 2.49 bits per heavy atom. The summed E-state index contributed by atoms with van der Waals surface area (Å²) in [7, 11) is 0. The van der Waals surface area contributed by atoms with E-state index in [1.807, 2.05) is 50.2 Å². The van der Waals surface area contributed by atoms with Crippen LogP contribution in [-0.4, -0.2) is 25.4 Å². The van der Waals surface area contributed by atoms with Gasteiger partial charge in [-0.15, -0.1) is 11.3 Å². The number of hydrogen-bond donors (Lipinski definition) is 2. The average molecular weight is 499 g/mol. The number of nitrogens with two attached hydrogens (primary N) is 1. The summed E-state index contributed by atoms with van der Waals surface area (Å²) >= 11 is 7.37. The quantitative estimate of drug-likeness (QED) is 0.276. The summed E-state index contributed by atoms with van der Waals surface area (Å²) in [5, 5.41) is 11.1. The van der Waals surface area contributed by atoms with Crippen molar-refractivity contribution in [2.24, 2.45) is 0 Å². The zero-order valence-corrected chi connectivity index (χ0v) is 20.4. The van der Waals surface area contributed by atoms with Crippen LogP contribution in [0.4, 0.5) is 16.5 Å². The van der Waals surface area contributed by atoms with E-state index in [0.29, 0.717) is 37.5 Å². The van der Waals surface area contributed by atoms with Crippen molar-refractivity contribution in [2.75, 3.05) is 11.1 Å². The Labute approximate surface area is 209 Å². The minimum atomic E-state index is -0.155. The Bertz CT molecular complexity index is 1770. The molecule has 0 atom stereocenters. The second kappa shape index (κ2) is 8.04. The van der Waals surface area contributed by atoms with Crippen molar-refractivity contribution in [3.63, 3.8) is 0 Å². The van der Waals surface area contributed by atoms with E-state index in [1.54, 1.807) is 28.8 Å². The maximum absolute atomic E-state index is 13.6. The number of hydrogen-bond acceptors (Lipinski definition) is 7. The minimum absolute atomic E-state index is 0.155. The number of benzene rings is 2. The van der Waals surface area contributed by atoms with Gasteiger partial charge in [0.1, 0.15) is 21.2 Å². The van der Waals surface area contributed by atoms with Crippen LogP contribution in [0.3, 0.4) is 0 Å². The summed E-state index contributed by atoms with van der Waals surface area (Å²) in [6.07, 6.45) is 0. The Morgan fingerprint density at radius 1 is 1.00 bits per heavy atom. The number of thiophene rings is 1. The van der Waals surface area contributed by atoms with Crippen LogP contribution in [0.1, 0.15) is 26.6 Å². The van der Waals surface area contributed by atoms with Gasteiger partial charge in [0.2, 0.25) is 5.78 Å². The normalized spacial score (nSPS) is 11.5. The summed E-state index contributed by atoms with van der Waals surface area (Å²) in [5.74, 6) is 0.132. The third-order valence-corrected chi connectivity index (χ3v) is 7.19. The molecule has 0 amide bonds. The minimum Gasteiger partial charge on any atom is -0.383 e. The molecule has 7 nitrogen and oxygen atoms in total. The van der Waals surface area contributed by atoms with E-state index in [4.69, 9.17) is 27.4 Å². The fourth-order valence-corrected chi connectivity index (χ4v) is 5.53. The van der Waals surface area contributed by atoms with Gasteiger partial charge in [-0.3, -0.25) is 4.79 Å². The van der Waals surface area contributed by atoms with E-state index in [-0.39, 0.29) is 11.6 Å². The maximum Gasteiger partial charge on any atom is 0.205 e. The van der Waals surface area contributed by atoms with E-state index in [0.717, 1.165) is 27.5 Å². The van der Waals surface area contributed by atoms with Crippen LogP contribution in [0.15, 0.2) is 60.7 Å². The van der Waals surface area contributed by atoms with E-state index in [1.165, 1.54) is 11.3 Å². The van der Waals surface area contributed by atoms with Crippen LogP contribution in [0.5, 0.6) is 0 Å². The summed E-state index contributed by atoms with van der Waals surface area (Å²) in [6, 6.07) is 18.6. The zero-order chi connectivity index (χ0) is 24.3. The molecular formula is C26H19ClN6OS. The fourth-order valence-electron chi connectivity index (χ4n) is 4.28. The number of nitrogens with one attached hydrogen (secondary N) is 1. The van der Waals surface area contributed by atoms with Crippen molar-refractivity contribution in [1.82, 2.24) is 19.6 Å². The molecule has 0 unspecified atom stereocenters. The van der Waals surface area contributed by atoms with Crippen molar-refractivity contribution in [3.05, 3.63) is 87.5 Å². The number of carbonyl (C=O) groups is 1. The molecule has 9 heteroatoms. The number of para-hydroxylation sites is 1. The number of carbonyl (C=O) groups excluding carboxylic acids is 1. The predicted octanol–water partition coefficient (Wildman–Crippen LogP) is 6.32. The number of rotatable bonds is 4. The second-order valence-electron chi connectivity index (χ2n) is 8.31. The van der Waals surface area contributed by atoms with Gasteiger partial charge < -0.3 is 11.1 Å². The Kier molecular flexibility index (Phi) is 4.94. The monoisotopic (exact) mass is 498 g/mol. The molecule has 0 aliphatic heterocycles. The predicted molar refractivity (Wildman–Crippen MR) is 142 cm³/mol. The number of nitrogens with zero attached hydrogens (tertiary/aromatic N) is 4. The lowest BCUT2D eigenvalue weighted by Gasteiger charge is -2.04. The highest BCUT2D eigenvalue weighted by Crippen LogP contribution is 2.43. The number of halogens is 1. The smallest absolute Gasteiger partial charge is 0.205 e. The molecule has 0 bridgehead atoms. The first kappa shape index (κ1) is 21.5. The highest BCUT2D eigenvalue weighted by atomic mass is 35.5. The molecule has 4 heterocycles. The molecule has 6 rings (SSSR count). The molecule has 6 aromatic rings. The van der Waals surface area contributed by atoms with Crippen LogP contribution in [-0.2, 0) is 0 Å². The third-order valence-electron chi connectivity index (χ3n) is 5.85. The van der Waals surface area contributed by atoms with E-state index < -0.39 is 0 Å². The maximum atomic E-state index is 13.6. The lowest BCUT2D eigenvalue weighted by molar-refractivity contribution is 0.104. The van der Waals surface area contributed by atoms with Crippen molar-refractivity contribution in [2.45, 2.75) is 13.8 Å². The highest BCUT2D eigenvalue weighted by Gasteiger charge is 2.26. The van der Waals surface area contributed by atoms with Gasteiger partial charge in [0, 0.05) is 27.7 Å². The summed E-state index contributed by atoms with van der Waals surface area (Å²) < 4.78 is 1.78. The second-order valence-corrected chi connectivity index (χ2v) is 9.76. The van der Waals surface area contributed by atoms with Gasteiger partial charge in [-0.2, -0.15) is 5.10 Å². The van der Waals surface area contributed by atoms with E-state index in [2.05, 4.69) is 10.3 Å². The fraction of sp³-hybridized carbons (Fsp3) is 0.0769. The average Bonchev–Trinajstić information content (AvgIpc) is 3.39. The zero-order valence-electron chi connectivity index (χ0n) is 18.8. The van der Waals surface area contributed by atoms with Crippen LogP contribution in [0, 0.1) is 13.8 Å². The van der Waals surface area contributed by atoms with Crippen LogP contribution in [0.25, 0.3) is 27.5 Å². The summed E-state index contributed by atoms with van der Waals surface area (Å²) in [6.45, 7) is 3.91. The van der Waals surface area contributed by atoms with E-state index in [9.17, 15) is 4.79 Å². The van der Waals surface area contributed by atoms with Gasteiger partial charge in [-0.25, -0.2) is 14.5 Å². The molecule has 0 saturated carbocycles. The van der Waals surface area contributed by atoms with Crippen molar-refractivity contribution >= 4 is 72.7 Å². The molecule has 0 radical (unpaired) electrons. The van der Waals surface area contributed by atoms with Crippen molar-refractivity contribution in [3.8, 4) is 0 Å². The first-order valence-corrected chi connectivity index (χ1v) is 12.1. The topological polar surface area (TPSA) is 98.2 Å². The lowest BCUT2D eigenvalue weighted by Crippen LogP contribution is -2.01. The molecule has 0 aliphatic rings. The molecule has 172 valence electrons. The lowest BCUT2D eigenvalue weighted by atomic mass is 10.1. The Balaban J connectivity index is 1.68. The van der Waals surface area contributed by atoms with E-state index >= 15 is 0 Å². The first-order chi connectivity index (χ1) is 16.9. The molecule has 35 heavy (non-hydrogen) atoms. The number of anilines is 3. The molecule has 3 N–H and O–H groups in total. The van der Waals surface area contributed by atoms with Gasteiger partial charge in [0.15, 0.2) is 5.65 Å². The number of aryl methyl sites for hydroxylation is 2. The van der Waals surface area contributed by atoms with Gasteiger partial charge >= 0.3 is 0 Å². The molecule has 4 aromatic heterocycles. The Hall–Kier alpha value is -4.01. The molecule has 0 aliphatic carbocycles. The Morgan fingerprint density at radius 2 is 1.74 bits per heavy atom. The number of pyridine rings is 1. The SMILES string of the molecule is Cc1cc(C)n2nc3c4c(Nc5ccccc5)sc(C(=O)c5ccc(Cl)cc5)c4nc(N)c3c2n1. The largest absolute Gasteiger partial charge is 0.383 e. The van der Waals surface area contributed by atoms with Gasteiger partial charge in [-0.1, -0.05) is 29.8 Å². The van der Waals surface area contributed by atoms with Crippen molar-refractivity contribution in [1.29, 1.82) is 0 Å². The number of fused-ring (bicyclic) bond motifs is 5. The van der Waals surface area contributed by atoms with Gasteiger partial charge in [0.25, 0.3) is 0 Å². The number of ketones is 1. The highest BCUT2D eigenvalue weighted by molar-refractivity contribution is 7.20. The summed E-state index contributed by atoms with van der Waals surface area (Å²) in [4.78, 5) is 23.5. The van der Waals surface area contributed by atoms with Crippen LogP contribution >= 0.6 is 22.9 Å². The van der Waals surface area contributed by atoms with Crippen LogP contribution in [0.2, 0.25) is 5.02 Å². The number of nitrogen functional groups attached to an aromatic ring is 1. The molecule has 2 aromatic carbocycles. The number of aromatic nitrogens is 4. The van der Waals surface area contributed by atoms with Crippen LogP contribution < -0.4 is 11.1 Å². The summed E-state index contributed by atoms with van der Waals surface area (Å²) in [5.41, 5.74) is 11.5. The first-order valence-electron chi connectivity index (χ1n) is 10.9. The standard InChI is InChI=1S/C26H19ClN6OS/c1-13-12-14(2)33-25(29-13)19-20(32-33)18-21(31-24(19)28)23(22(34)15-8-10-16(27)11-9-15)35-26(18)30-17-6-4-3-5-7-17/h3-12,30H,1-2H3,(H2,28,31).